The number of amides is 1. The second-order valence-corrected chi connectivity index (χ2v) is 13.4. The van der Waals surface area contributed by atoms with Crippen molar-refractivity contribution in [2.75, 3.05) is 63.0 Å². The number of likely N-dealkylation sites (N-methyl/N-ethyl adjacent to an activating group) is 1. The Labute approximate surface area is 269 Å². The molecule has 3 atom stereocenters. The second kappa shape index (κ2) is 12.6. The van der Waals surface area contributed by atoms with E-state index in [1.54, 1.807) is 9.47 Å². The van der Waals surface area contributed by atoms with Crippen LogP contribution in [0.3, 0.4) is 0 Å². The standard InChI is InChI=1S/C33H38F4N6O2S/c1-5-27(44)42-20(3)16-41(17-21(42)4)31-25-15-26(33(35,36)37)28(22-7-9-23(34)10-8-22)30-29(25)43(32(45)38-31)24(19-46-30)18-40-13-11-39(6-2)12-14-40/h5,7-10,15,20-21,24H,1,6,11-14,16-19H2,2-4H3/t20-,21+,24-/m0/s1. The third-order valence-corrected chi connectivity index (χ3v) is 10.6. The van der Waals surface area contributed by atoms with Crippen LogP contribution in [-0.4, -0.2) is 100 Å². The number of nitrogens with zero attached hydrogens (tertiary/aromatic N) is 6. The molecule has 3 aliphatic rings. The number of halogens is 4. The lowest BCUT2D eigenvalue weighted by molar-refractivity contribution is -0.137. The summed E-state index contributed by atoms with van der Waals surface area (Å²) < 4.78 is 60.3. The van der Waals surface area contributed by atoms with E-state index in [9.17, 15) is 27.2 Å². The number of alkyl halides is 3. The molecule has 2 saturated heterocycles. The quantitative estimate of drug-likeness (QED) is 0.269. The monoisotopic (exact) mass is 658 g/mol. The van der Waals surface area contributed by atoms with E-state index in [1.807, 2.05) is 18.7 Å². The molecular weight excluding hydrogens is 620 g/mol. The highest BCUT2D eigenvalue weighted by atomic mass is 32.2. The van der Waals surface area contributed by atoms with Gasteiger partial charge in [-0.15, -0.1) is 11.8 Å². The molecular formula is C33H38F4N6O2S. The molecule has 0 aliphatic carbocycles. The largest absolute Gasteiger partial charge is 0.417 e. The Kier molecular flexibility index (Phi) is 8.94. The van der Waals surface area contributed by atoms with E-state index in [-0.39, 0.29) is 59.5 Å². The molecule has 2 fully saturated rings. The number of aromatic nitrogens is 2. The van der Waals surface area contributed by atoms with Crippen molar-refractivity contribution in [3.8, 4) is 11.1 Å². The van der Waals surface area contributed by atoms with Crippen molar-refractivity contribution in [2.24, 2.45) is 0 Å². The maximum absolute atomic E-state index is 14.9. The van der Waals surface area contributed by atoms with Crippen LogP contribution in [0, 0.1) is 5.82 Å². The molecule has 3 aliphatic heterocycles. The molecule has 4 heterocycles. The predicted molar refractivity (Wildman–Crippen MR) is 173 cm³/mol. The fourth-order valence-electron chi connectivity index (χ4n) is 7.22. The normalized spacial score (nSPS) is 22.8. The summed E-state index contributed by atoms with van der Waals surface area (Å²) in [6, 6.07) is 5.20. The first kappa shape index (κ1) is 32.5. The van der Waals surface area contributed by atoms with Crippen LogP contribution in [0.4, 0.5) is 23.4 Å². The van der Waals surface area contributed by atoms with E-state index in [0.717, 1.165) is 50.9 Å². The summed E-state index contributed by atoms with van der Waals surface area (Å²) in [5.74, 6) is -0.214. The highest BCUT2D eigenvalue weighted by Crippen LogP contribution is 2.50. The number of rotatable bonds is 6. The first-order valence-corrected chi connectivity index (χ1v) is 16.6. The summed E-state index contributed by atoms with van der Waals surface area (Å²) in [7, 11) is 0. The van der Waals surface area contributed by atoms with Crippen molar-refractivity contribution < 1.29 is 22.4 Å². The molecule has 0 bridgehead atoms. The zero-order valence-corrected chi connectivity index (χ0v) is 27.0. The van der Waals surface area contributed by atoms with Crippen molar-refractivity contribution in [1.29, 1.82) is 0 Å². The number of carbonyl (C=O) groups is 1. The molecule has 3 aromatic rings. The minimum Gasteiger partial charge on any atom is -0.352 e. The van der Waals surface area contributed by atoms with Crippen molar-refractivity contribution in [3.05, 3.63) is 64.9 Å². The highest BCUT2D eigenvalue weighted by Gasteiger charge is 2.41. The third kappa shape index (κ3) is 5.93. The summed E-state index contributed by atoms with van der Waals surface area (Å²) in [6.45, 7) is 15.0. The molecule has 8 nitrogen and oxygen atoms in total. The molecule has 0 saturated carbocycles. The SMILES string of the molecule is C=CC(=O)N1[C@H](C)CN(c2nc(=O)n3c4c(c(-c5ccc(F)cc5)c(C(F)(F)F)cc24)SC[C@@H]3CN2CCN(CC)CC2)C[C@@H]1C. The predicted octanol–water partition coefficient (Wildman–Crippen LogP) is 5.12. The van der Waals surface area contributed by atoms with Crippen LogP contribution in [0.1, 0.15) is 32.4 Å². The van der Waals surface area contributed by atoms with Crippen LogP contribution in [-0.2, 0) is 11.0 Å². The topological polar surface area (TPSA) is 64.9 Å². The van der Waals surface area contributed by atoms with Gasteiger partial charge in [-0.25, -0.2) is 9.18 Å². The van der Waals surface area contributed by atoms with Gasteiger partial charge in [0.25, 0.3) is 0 Å². The van der Waals surface area contributed by atoms with Gasteiger partial charge in [0.15, 0.2) is 0 Å². The summed E-state index contributed by atoms with van der Waals surface area (Å²) in [4.78, 5) is 39.7. The van der Waals surface area contributed by atoms with E-state index in [2.05, 4.69) is 28.3 Å². The van der Waals surface area contributed by atoms with Crippen molar-refractivity contribution >= 4 is 34.4 Å². The van der Waals surface area contributed by atoms with Gasteiger partial charge < -0.3 is 14.7 Å². The fraction of sp³-hybridized carbons (Fsp3) is 0.485. The van der Waals surface area contributed by atoms with Crippen LogP contribution < -0.4 is 10.6 Å². The van der Waals surface area contributed by atoms with Gasteiger partial charge in [-0.05, 0) is 50.2 Å². The van der Waals surface area contributed by atoms with E-state index < -0.39 is 23.2 Å². The third-order valence-electron chi connectivity index (χ3n) is 9.40. The van der Waals surface area contributed by atoms with E-state index >= 15 is 0 Å². The van der Waals surface area contributed by atoms with Crippen LogP contribution >= 0.6 is 11.8 Å². The Bertz CT molecular complexity index is 1690. The van der Waals surface area contributed by atoms with Gasteiger partial charge in [0.05, 0.1) is 17.1 Å². The van der Waals surface area contributed by atoms with Gasteiger partial charge in [0.2, 0.25) is 5.91 Å². The Morgan fingerprint density at radius 2 is 1.70 bits per heavy atom. The highest BCUT2D eigenvalue weighted by molar-refractivity contribution is 7.99. The molecule has 0 radical (unpaired) electrons. The summed E-state index contributed by atoms with van der Waals surface area (Å²) in [5.41, 5.74) is -0.799. The van der Waals surface area contributed by atoms with Gasteiger partial charge in [-0.2, -0.15) is 18.2 Å². The number of hydrogen-bond acceptors (Lipinski definition) is 7. The Morgan fingerprint density at radius 1 is 1.07 bits per heavy atom. The Morgan fingerprint density at radius 3 is 2.28 bits per heavy atom. The molecule has 1 aromatic heterocycles. The maximum Gasteiger partial charge on any atom is 0.417 e. The summed E-state index contributed by atoms with van der Waals surface area (Å²) in [5, 5.41) is 0.240. The molecule has 6 rings (SSSR count). The number of piperazine rings is 2. The molecule has 0 unspecified atom stereocenters. The van der Waals surface area contributed by atoms with Crippen LogP contribution in [0.2, 0.25) is 0 Å². The first-order chi connectivity index (χ1) is 21.9. The van der Waals surface area contributed by atoms with Crippen molar-refractivity contribution in [3.63, 3.8) is 0 Å². The van der Waals surface area contributed by atoms with Crippen molar-refractivity contribution in [2.45, 2.75) is 50.0 Å². The van der Waals surface area contributed by atoms with E-state index in [1.165, 1.54) is 30.0 Å². The van der Waals surface area contributed by atoms with Gasteiger partial charge in [0.1, 0.15) is 11.6 Å². The molecule has 46 heavy (non-hydrogen) atoms. The second-order valence-electron chi connectivity index (χ2n) is 12.4. The minimum atomic E-state index is -4.74. The zero-order chi connectivity index (χ0) is 32.9. The van der Waals surface area contributed by atoms with Gasteiger partial charge in [0, 0.05) is 79.5 Å². The zero-order valence-electron chi connectivity index (χ0n) is 26.2. The Hall–Kier alpha value is -3.42. The molecule has 0 spiro atoms. The van der Waals surface area contributed by atoms with Crippen LogP contribution in [0.5, 0.6) is 0 Å². The molecule has 0 N–H and O–H groups in total. The number of carbonyl (C=O) groups excluding carboxylic acids is 1. The maximum atomic E-state index is 14.9. The smallest absolute Gasteiger partial charge is 0.352 e. The molecule has 13 heteroatoms. The van der Waals surface area contributed by atoms with Crippen molar-refractivity contribution in [1.82, 2.24) is 24.3 Å². The summed E-state index contributed by atoms with van der Waals surface area (Å²) in [6.07, 6.45) is -3.49. The average Bonchev–Trinajstić information content (AvgIpc) is 3.02. The first-order valence-electron chi connectivity index (χ1n) is 15.6. The number of hydrogen-bond donors (Lipinski definition) is 0. The molecule has 1 amide bonds. The number of benzene rings is 2. The lowest BCUT2D eigenvalue weighted by Gasteiger charge is -2.45. The molecule has 246 valence electrons. The fourth-order valence-corrected chi connectivity index (χ4v) is 8.55. The summed E-state index contributed by atoms with van der Waals surface area (Å²) >= 11 is 1.31. The Balaban J connectivity index is 1.55. The number of thioether (sulfide) groups is 1. The van der Waals surface area contributed by atoms with Gasteiger partial charge in [-0.1, -0.05) is 25.6 Å². The lowest BCUT2D eigenvalue weighted by Crippen LogP contribution is -2.58. The average molecular weight is 659 g/mol. The molecule has 2 aromatic carbocycles. The van der Waals surface area contributed by atoms with Crippen LogP contribution in [0.25, 0.3) is 22.0 Å². The van der Waals surface area contributed by atoms with E-state index in [0.29, 0.717) is 22.7 Å². The van der Waals surface area contributed by atoms with E-state index in [4.69, 9.17) is 0 Å². The lowest BCUT2D eigenvalue weighted by atomic mass is 9.95. The van der Waals surface area contributed by atoms with Crippen LogP contribution in [0.15, 0.2) is 52.7 Å². The van der Waals surface area contributed by atoms with Gasteiger partial charge in [-0.3, -0.25) is 14.3 Å². The number of anilines is 1. The minimum absolute atomic E-state index is 0.0616. The van der Waals surface area contributed by atoms with Gasteiger partial charge >= 0.3 is 11.9 Å².